The van der Waals surface area contributed by atoms with E-state index in [1.807, 2.05) is 6.92 Å². The van der Waals surface area contributed by atoms with E-state index in [9.17, 15) is 0 Å². The first-order chi connectivity index (χ1) is 9.82. The molecule has 1 atom stereocenters. The molecular weight excluding hydrogens is 264 g/mol. The van der Waals surface area contributed by atoms with E-state index in [1.165, 1.54) is 6.26 Å². The van der Waals surface area contributed by atoms with Gasteiger partial charge < -0.3 is 23.7 Å². The Bertz CT molecular complexity index is 533. The number of rotatable bonds is 6. The average molecular weight is 280 g/mol. The largest absolute Gasteiger partial charge is 0.405 e. The Hall–Kier alpha value is -1.93. The van der Waals surface area contributed by atoms with Crippen molar-refractivity contribution in [3.63, 3.8) is 0 Å². The molecule has 0 radical (unpaired) electrons. The van der Waals surface area contributed by atoms with Crippen LogP contribution in [0.4, 0.5) is 6.01 Å². The first-order valence-electron chi connectivity index (χ1n) is 6.51. The lowest BCUT2D eigenvalue weighted by molar-refractivity contribution is -0.0656. The van der Waals surface area contributed by atoms with Gasteiger partial charge in [0.15, 0.2) is 5.60 Å². The van der Waals surface area contributed by atoms with Crippen molar-refractivity contribution in [3.05, 3.63) is 23.9 Å². The number of hydrogen-bond donors (Lipinski definition) is 1. The van der Waals surface area contributed by atoms with Gasteiger partial charge in [-0.1, -0.05) is 10.3 Å². The van der Waals surface area contributed by atoms with Crippen molar-refractivity contribution in [2.45, 2.75) is 25.5 Å². The quantitative estimate of drug-likeness (QED) is 0.846. The fourth-order valence-electron chi connectivity index (χ4n) is 2.14. The number of ether oxygens (including phenoxy) is 2. The van der Waals surface area contributed by atoms with Crippen molar-refractivity contribution in [1.29, 1.82) is 0 Å². The molecule has 1 N–H and O–H groups in total. The van der Waals surface area contributed by atoms with Crippen molar-refractivity contribution < 1.29 is 18.4 Å². The molecule has 108 valence electrons. The second-order valence-corrected chi connectivity index (χ2v) is 4.49. The molecule has 1 saturated heterocycles. The molecule has 0 saturated carbocycles. The highest BCUT2D eigenvalue weighted by molar-refractivity contribution is 5.20. The van der Waals surface area contributed by atoms with E-state index >= 15 is 0 Å². The lowest BCUT2D eigenvalue weighted by atomic mass is 10.0. The molecule has 3 rings (SSSR count). The minimum Gasteiger partial charge on any atom is -0.405 e. The Kier molecular flexibility index (Phi) is 3.66. The third kappa shape index (κ3) is 2.52. The zero-order chi connectivity index (χ0) is 13.8. The van der Waals surface area contributed by atoms with Crippen LogP contribution in [0.2, 0.25) is 0 Å². The van der Waals surface area contributed by atoms with Gasteiger partial charge in [-0.3, -0.25) is 0 Å². The molecule has 0 aromatic carbocycles. The Morgan fingerprint density at radius 3 is 3.10 bits per heavy atom. The van der Waals surface area contributed by atoms with Crippen molar-refractivity contribution in [1.82, 2.24) is 15.4 Å². The summed E-state index contributed by atoms with van der Waals surface area (Å²) in [7, 11) is 0. The van der Waals surface area contributed by atoms with E-state index in [0.717, 1.165) is 5.69 Å². The van der Waals surface area contributed by atoms with Gasteiger partial charge in [-0.2, -0.15) is 0 Å². The Balaban J connectivity index is 1.69. The van der Waals surface area contributed by atoms with Gasteiger partial charge in [0.05, 0.1) is 19.8 Å². The topological polar surface area (TPSA) is 95.4 Å². The third-order valence-electron chi connectivity index (χ3n) is 3.13. The highest BCUT2D eigenvalue weighted by Crippen LogP contribution is 2.34. The second kappa shape index (κ2) is 5.59. The van der Waals surface area contributed by atoms with Gasteiger partial charge in [-0.05, 0) is 6.92 Å². The molecule has 8 heteroatoms. The van der Waals surface area contributed by atoms with Crippen LogP contribution in [0.1, 0.15) is 24.9 Å². The molecule has 1 unspecified atom stereocenters. The predicted molar refractivity (Wildman–Crippen MR) is 66.9 cm³/mol. The van der Waals surface area contributed by atoms with Crippen LogP contribution in [0.5, 0.6) is 0 Å². The summed E-state index contributed by atoms with van der Waals surface area (Å²) in [5.41, 5.74) is 0.142. The van der Waals surface area contributed by atoms with Gasteiger partial charge in [0, 0.05) is 19.1 Å². The first kappa shape index (κ1) is 13.1. The third-order valence-corrected chi connectivity index (χ3v) is 3.13. The maximum Gasteiger partial charge on any atom is 0.315 e. The minimum atomic E-state index is -0.616. The lowest BCUT2D eigenvalue weighted by Gasteiger charge is -2.22. The summed E-state index contributed by atoms with van der Waals surface area (Å²) in [6, 6.07) is 2.09. The average Bonchev–Trinajstić information content (AvgIpc) is 3.19. The summed E-state index contributed by atoms with van der Waals surface area (Å²) in [6.45, 7) is 4.01. The number of anilines is 1. The smallest absolute Gasteiger partial charge is 0.315 e. The molecule has 2 aromatic heterocycles. The molecule has 2 aromatic rings. The second-order valence-electron chi connectivity index (χ2n) is 4.49. The summed E-state index contributed by atoms with van der Waals surface area (Å²) in [6.07, 6.45) is 2.22. The molecule has 0 aliphatic carbocycles. The fraction of sp³-hybridized carbons (Fsp3) is 0.583. The zero-order valence-electron chi connectivity index (χ0n) is 11.2. The van der Waals surface area contributed by atoms with E-state index in [2.05, 4.69) is 20.7 Å². The van der Waals surface area contributed by atoms with Crippen LogP contribution >= 0.6 is 0 Å². The summed E-state index contributed by atoms with van der Waals surface area (Å²) in [5.74, 6) is 0.444. The first-order valence-corrected chi connectivity index (χ1v) is 6.51. The van der Waals surface area contributed by atoms with Crippen molar-refractivity contribution >= 4 is 6.01 Å². The number of nitrogens with zero attached hydrogens (tertiary/aromatic N) is 3. The Morgan fingerprint density at radius 2 is 2.40 bits per heavy atom. The molecule has 20 heavy (non-hydrogen) atoms. The van der Waals surface area contributed by atoms with Gasteiger partial charge in [0.1, 0.15) is 12.0 Å². The lowest BCUT2D eigenvalue weighted by Crippen LogP contribution is -2.30. The molecule has 0 bridgehead atoms. The van der Waals surface area contributed by atoms with E-state index in [-0.39, 0.29) is 0 Å². The predicted octanol–water partition coefficient (Wildman–Crippen LogP) is 1.32. The molecule has 1 aliphatic rings. The Labute approximate surface area is 115 Å². The van der Waals surface area contributed by atoms with Crippen molar-refractivity contribution in [2.75, 3.05) is 25.1 Å². The van der Waals surface area contributed by atoms with Crippen LogP contribution in [0.3, 0.4) is 0 Å². The zero-order valence-corrected chi connectivity index (χ0v) is 11.2. The van der Waals surface area contributed by atoms with Crippen LogP contribution in [-0.2, 0) is 21.6 Å². The van der Waals surface area contributed by atoms with Crippen LogP contribution in [0.25, 0.3) is 0 Å². The van der Waals surface area contributed by atoms with E-state index in [4.69, 9.17) is 18.4 Å². The molecule has 8 nitrogen and oxygen atoms in total. The van der Waals surface area contributed by atoms with Gasteiger partial charge in [0.2, 0.25) is 0 Å². The van der Waals surface area contributed by atoms with Gasteiger partial charge >= 0.3 is 6.01 Å². The molecule has 0 spiro atoms. The standard InChI is InChI=1S/C12H16N4O4/c1-2-18-12(4-6-17-8-12)10-14-15-11(20-10)13-7-9-3-5-19-16-9/h3,5H,2,4,6-8H2,1H3,(H,13,15). The summed E-state index contributed by atoms with van der Waals surface area (Å²) in [5, 5.41) is 14.8. The SMILES string of the molecule is CCOC1(c2nnc(NCc3ccon3)o2)CCOC1. The maximum atomic E-state index is 5.76. The summed E-state index contributed by atoms with van der Waals surface area (Å²) < 4.78 is 21.5. The summed E-state index contributed by atoms with van der Waals surface area (Å²) >= 11 is 0. The van der Waals surface area contributed by atoms with E-state index in [1.54, 1.807) is 6.07 Å². The molecule has 0 amide bonds. The highest BCUT2D eigenvalue weighted by Gasteiger charge is 2.42. The number of aromatic nitrogens is 3. The molecule has 3 heterocycles. The van der Waals surface area contributed by atoms with E-state index in [0.29, 0.717) is 44.7 Å². The summed E-state index contributed by atoms with van der Waals surface area (Å²) in [4.78, 5) is 0. The van der Waals surface area contributed by atoms with Crippen molar-refractivity contribution in [3.8, 4) is 0 Å². The molecule has 1 fully saturated rings. The molecular formula is C12H16N4O4. The normalized spacial score (nSPS) is 22.2. The highest BCUT2D eigenvalue weighted by atomic mass is 16.6. The van der Waals surface area contributed by atoms with Gasteiger partial charge in [-0.15, -0.1) is 5.10 Å². The van der Waals surface area contributed by atoms with Crippen molar-refractivity contribution in [2.24, 2.45) is 0 Å². The maximum absolute atomic E-state index is 5.76. The molecule has 1 aliphatic heterocycles. The monoisotopic (exact) mass is 280 g/mol. The van der Waals surface area contributed by atoms with Gasteiger partial charge in [0.25, 0.3) is 5.89 Å². The van der Waals surface area contributed by atoms with E-state index < -0.39 is 5.60 Å². The van der Waals surface area contributed by atoms with Crippen LogP contribution in [0.15, 0.2) is 21.3 Å². The van der Waals surface area contributed by atoms with Crippen LogP contribution in [-0.4, -0.2) is 35.2 Å². The Morgan fingerprint density at radius 1 is 1.45 bits per heavy atom. The fourth-order valence-corrected chi connectivity index (χ4v) is 2.14. The number of hydrogen-bond acceptors (Lipinski definition) is 8. The van der Waals surface area contributed by atoms with Gasteiger partial charge in [-0.25, -0.2) is 0 Å². The van der Waals surface area contributed by atoms with Crippen LogP contribution < -0.4 is 5.32 Å². The minimum absolute atomic E-state index is 0.328. The number of nitrogens with one attached hydrogen (secondary N) is 1. The van der Waals surface area contributed by atoms with Crippen LogP contribution in [0, 0.1) is 0 Å².